The topological polar surface area (TPSA) is 85.0 Å². The van der Waals surface area contributed by atoms with E-state index >= 15 is 0 Å². The van der Waals surface area contributed by atoms with Gasteiger partial charge in [0, 0.05) is 51.3 Å². The smallest absolute Gasteiger partial charge is 0.255 e. The van der Waals surface area contributed by atoms with E-state index in [-0.39, 0.29) is 24.1 Å². The van der Waals surface area contributed by atoms with Gasteiger partial charge < -0.3 is 15.1 Å². The average molecular weight is 468 g/mol. The van der Waals surface area contributed by atoms with Crippen molar-refractivity contribution in [3.05, 3.63) is 34.9 Å². The highest BCUT2D eigenvalue weighted by Gasteiger charge is 2.39. The first-order valence-electron chi connectivity index (χ1n) is 13.0. The van der Waals surface area contributed by atoms with Crippen molar-refractivity contribution in [1.82, 2.24) is 25.3 Å². The summed E-state index contributed by atoms with van der Waals surface area (Å²) < 4.78 is 0. The van der Waals surface area contributed by atoms with Gasteiger partial charge in [-0.15, -0.1) is 0 Å². The van der Waals surface area contributed by atoms with Crippen LogP contribution in [-0.4, -0.2) is 84.3 Å². The maximum atomic E-state index is 12.9. The molecule has 3 amide bonds. The minimum absolute atomic E-state index is 0.103. The maximum Gasteiger partial charge on any atom is 0.255 e. The third-order valence-corrected chi connectivity index (χ3v) is 7.94. The number of nitrogens with zero attached hydrogens (tertiary/aromatic N) is 3. The molecule has 184 valence electrons. The van der Waals surface area contributed by atoms with Crippen molar-refractivity contribution in [3.63, 3.8) is 0 Å². The largest absolute Gasteiger partial charge is 0.322 e. The number of benzene rings is 1. The van der Waals surface area contributed by atoms with Crippen molar-refractivity contribution in [2.75, 3.05) is 45.8 Å². The fourth-order valence-electron chi connectivity index (χ4n) is 5.93. The molecule has 0 radical (unpaired) electrons. The molecule has 0 aromatic heterocycles. The number of hydrogen-bond donors (Lipinski definition) is 2. The molecular formula is C26H37N5O3. The van der Waals surface area contributed by atoms with Crippen molar-refractivity contribution < 1.29 is 14.4 Å². The number of carbonyl (C=O) groups excluding carboxylic acids is 3. The SMILES string of the molecule is O=C1CCC(N2Cc3cc(CN4CCN(CCCC5CCCNC5)CC4)ccc3C2=O)C(=O)N1. The van der Waals surface area contributed by atoms with Crippen LogP contribution in [0, 0.1) is 5.92 Å². The lowest BCUT2D eigenvalue weighted by Gasteiger charge is -2.35. The Morgan fingerprint density at radius 3 is 2.59 bits per heavy atom. The van der Waals surface area contributed by atoms with Crippen LogP contribution in [0.15, 0.2) is 18.2 Å². The van der Waals surface area contributed by atoms with Crippen LogP contribution in [0.25, 0.3) is 0 Å². The molecule has 3 fully saturated rings. The van der Waals surface area contributed by atoms with Gasteiger partial charge in [-0.1, -0.05) is 12.1 Å². The van der Waals surface area contributed by atoms with Gasteiger partial charge in [0.05, 0.1) is 0 Å². The van der Waals surface area contributed by atoms with E-state index in [1.165, 1.54) is 50.9 Å². The molecule has 34 heavy (non-hydrogen) atoms. The number of amides is 3. The summed E-state index contributed by atoms with van der Waals surface area (Å²) in [5.74, 6) is 0.154. The monoisotopic (exact) mass is 467 g/mol. The lowest BCUT2D eigenvalue weighted by atomic mass is 9.94. The Labute approximate surface area is 202 Å². The number of nitrogens with one attached hydrogen (secondary N) is 2. The molecule has 5 rings (SSSR count). The molecule has 4 heterocycles. The highest BCUT2D eigenvalue weighted by molar-refractivity contribution is 6.05. The van der Waals surface area contributed by atoms with Gasteiger partial charge in [-0.2, -0.15) is 0 Å². The van der Waals surface area contributed by atoms with Crippen LogP contribution in [0.5, 0.6) is 0 Å². The van der Waals surface area contributed by atoms with Crippen LogP contribution >= 0.6 is 0 Å². The van der Waals surface area contributed by atoms with E-state index in [1.807, 2.05) is 6.07 Å². The second kappa shape index (κ2) is 10.5. The van der Waals surface area contributed by atoms with Gasteiger partial charge in [-0.25, -0.2) is 0 Å². The zero-order valence-corrected chi connectivity index (χ0v) is 20.1. The average Bonchev–Trinajstić information content (AvgIpc) is 3.16. The van der Waals surface area contributed by atoms with E-state index in [1.54, 1.807) is 4.90 Å². The maximum absolute atomic E-state index is 12.9. The normalized spacial score (nSPS) is 26.6. The molecule has 2 N–H and O–H groups in total. The fourth-order valence-corrected chi connectivity index (χ4v) is 5.93. The standard InChI is InChI=1S/C26H37N5O3/c32-24-8-7-23(25(33)28-24)31-18-21-15-20(5-6-22(21)26(31)34)17-30-13-11-29(12-14-30)10-2-4-19-3-1-9-27-16-19/h5-6,15,19,23,27H,1-4,7-14,16-18H2,(H,28,32,33). The molecule has 1 aromatic carbocycles. The van der Waals surface area contributed by atoms with Crippen LogP contribution in [0.2, 0.25) is 0 Å². The Kier molecular flexibility index (Phi) is 7.27. The minimum Gasteiger partial charge on any atom is -0.322 e. The van der Waals surface area contributed by atoms with E-state index in [0.717, 1.165) is 44.2 Å². The molecule has 0 saturated carbocycles. The number of hydrogen-bond acceptors (Lipinski definition) is 6. The minimum atomic E-state index is -0.552. The van der Waals surface area contributed by atoms with Crippen LogP contribution in [0.3, 0.4) is 0 Å². The molecule has 1 aromatic rings. The summed E-state index contributed by atoms with van der Waals surface area (Å²) in [5, 5.41) is 5.89. The van der Waals surface area contributed by atoms with E-state index in [9.17, 15) is 14.4 Å². The van der Waals surface area contributed by atoms with E-state index in [2.05, 4.69) is 32.6 Å². The quantitative estimate of drug-likeness (QED) is 0.589. The van der Waals surface area contributed by atoms with Gasteiger partial charge in [-0.3, -0.25) is 24.6 Å². The Morgan fingerprint density at radius 1 is 1.00 bits per heavy atom. The third kappa shape index (κ3) is 5.34. The van der Waals surface area contributed by atoms with Gasteiger partial charge in [0.15, 0.2) is 0 Å². The zero-order chi connectivity index (χ0) is 23.5. The summed E-state index contributed by atoms with van der Waals surface area (Å²) in [5.41, 5.74) is 2.89. The first kappa shape index (κ1) is 23.5. The molecule has 3 saturated heterocycles. The Morgan fingerprint density at radius 2 is 1.82 bits per heavy atom. The molecule has 8 nitrogen and oxygen atoms in total. The number of carbonyl (C=O) groups is 3. The van der Waals surface area contributed by atoms with Gasteiger partial charge in [-0.05, 0) is 74.8 Å². The van der Waals surface area contributed by atoms with Gasteiger partial charge in [0.25, 0.3) is 5.91 Å². The van der Waals surface area contributed by atoms with Crippen molar-refractivity contribution in [2.45, 2.75) is 57.7 Å². The lowest BCUT2D eigenvalue weighted by Crippen LogP contribution is -2.52. The Hall–Kier alpha value is -2.29. The van der Waals surface area contributed by atoms with Crippen molar-refractivity contribution in [2.24, 2.45) is 5.92 Å². The number of fused-ring (bicyclic) bond motifs is 1. The molecule has 0 spiro atoms. The molecule has 4 aliphatic rings. The highest BCUT2D eigenvalue weighted by Crippen LogP contribution is 2.28. The molecule has 8 heteroatoms. The number of imide groups is 1. The predicted octanol–water partition coefficient (Wildman–Crippen LogP) is 1.35. The van der Waals surface area contributed by atoms with Crippen molar-refractivity contribution in [1.29, 1.82) is 0 Å². The van der Waals surface area contributed by atoms with Crippen LogP contribution < -0.4 is 10.6 Å². The second-order valence-corrected chi connectivity index (χ2v) is 10.4. The highest BCUT2D eigenvalue weighted by atomic mass is 16.2. The first-order valence-corrected chi connectivity index (χ1v) is 13.0. The predicted molar refractivity (Wildman–Crippen MR) is 129 cm³/mol. The lowest BCUT2D eigenvalue weighted by molar-refractivity contribution is -0.136. The molecule has 0 aliphatic carbocycles. The van der Waals surface area contributed by atoms with Crippen molar-refractivity contribution in [3.8, 4) is 0 Å². The number of piperidine rings is 2. The number of piperazine rings is 1. The molecular weight excluding hydrogens is 430 g/mol. The summed E-state index contributed by atoms with van der Waals surface area (Å²) in [7, 11) is 0. The summed E-state index contributed by atoms with van der Waals surface area (Å²) in [6, 6.07) is 5.54. The molecule has 2 unspecified atom stereocenters. The van der Waals surface area contributed by atoms with Crippen LogP contribution in [-0.2, 0) is 22.7 Å². The zero-order valence-electron chi connectivity index (χ0n) is 20.1. The Balaban J connectivity index is 1.09. The van der Waals surface area contributed by atoms with Crippen LogP contribution in [0.1, 0.15) is 60.0 Å². The summed E-state index contributed by atoms with van der Waals surface area (Å²) >= 11 is 0. The van der Waals surface area contributed by atoms with Gasteiger partial charge in [0.2, 0.25) is 11.8 Å². The molecule has 0 bridgehead atoms. The van der Waals surface area contributed by atoms with Gasteiger partial charge in [0.1, 0.15) is 6.04 Å². The van der Waals surface area contributed by atoms with Crippen molar-refractivity contribution >= 4 is 17.7 Å². The summed E-state index contributed by atoms with van der Waals surface area (Å²) in [4.78, 5) is 43.3. The van der Waals surface area contributed by atoms with Crippen LogP contribution in [0.4, 0.5) is 0 Å². The Bertz CT molecular complexity index is 921. The van der Waals surface area contributed by atoms with E-state index in [0.29, 0.717) is 18.5 Å². The first-order chi connectivity index (χ1) is 16.6. The third-order valence-electron chi connectivity index (χ3n) is 7.94. The summed E-state index contributed by atoms with van der Waals surface area (Å²) in [6.07, 6.45) is 6.05. The van der Waals surface area contributed by atoms with Gasteiger partial charge >= 0.3 is 0 Å². The van der Waals surface area contributed by atoms with E-state index < -0.39 is 6.04 Å². The fraction of sp³-hybridized carbons (Fsp3) is 0.654. The summed E-state index contributed by atoms with van der Waals surface area (Å²) in [6.45, 7) is 9.32. The number of rotatable bonds is 7. The second-order valence-electron chi connectivity index (χ2n) is 10.4. The van der Waals surface area contributed by atoms with E-state index in [4.69, 9.17) is 0 Å². The molecule has 4 aliphatic heterocycles. The molecule has 2 atom stereocenters.